The second kappa shape index (κ2) is 12.0. The van der Waals surface area contributed by atoms with Gasteiger partial charge in [0.1, 0.15) is 36.1 Å². The lowest BCUT2D eigenvalue weighted by molar-refractivity contribution is -0.150. The van der Waals surface area contributed by atoms with Gasteiger partial charge in [0.2, 0.25) is 5.91 Å². The molecule has 4 amide bonds. The number of hydrogen-bond acceptors (Lipinski definition) is 10. The van der Waals surface area contributed by atoms with Crippen LogP contribution in [0, 0.1) is 0 Å². The fourth-order valence-electron chi connectivity index (χ4n) is 3.77. The van der Waals surface area contributed by atoms with E-state index < -0.39 is 42.1 Å². The van der Waals surface area contributed by atoms with E-state index in [0.717, 1.165) is 9.78 Å². The van der Waals surface area contributed by atoms with E-state index in [9.17, 15) is 29.1 Å². The summed E-state index contributed by atoms with van der Waals surface area (Å²) in [6.07, 6.45) is -2.06. The first kappa shape index (κ1) is 27.0. The molecule has 0 bridgehead atoms. The topological polar surface area (TPSA) is 161 Å². The van der Waals surface area contributed by atoms with Gasteiger partial charge in [-0.15, -0.1) is 23.1 Å². The molecule has 0 saturated carbocycles. The molecule has 1 aromatic carbocycles. The summed E-state index contributed by atoms with van der Waals surface area (Å²) in [7, 11) is 1.52. The van der Waals surface area contributed by atoms with Crippen molar-refractivity contribution in [2.75, 3.05) is 19.5 Å². The van der Waals surface area contributed by atoms with Gasteiger partial charge >= 0.3 is 18.2 Å². The minimum Gasteiger partial charge on any atom is -0.497 e. The predicted molar refractivity (Wildman–Crippen MR) is 135 cm³/mol. The Bertz CT molecular complexity index is 1260. The molecule has 14 heteroatoms. The number of thiophene rings is 1. The van der Waals surface area contributed by atoms with Crippen molar-refractivity contribution in [2.24, 2.45) is 0 Å². The normalized spacial score (nSPS) is 18.1. The van der Waals surface area contributed by atoms with Gasteiger partial charge in [-0.2, -0.15) is 0 Å². The van der Waals surface area contributed by atoms with E-state index in [1.54, 1.807) is 24.3 Å². The minimum absolute atomic E-state index is 0.0996. The first-order valence-corrected chi connectivity index (χ1v) is 13.1. The number of hydrogen-bond donors (Lipinski definition) is 3. The van der Waals surface area contributed by atoms with Gasteiger partial charge in [0.05, 0.1) is 13.5 Å². The average molecular weight is 562 g/mol. The first-order chi connectivity index (χ1) is 18.3. The Morgan fingerprint density at radius 3 is 2.42 bits per heavy atom. The van der Waals surface area contributed by atoms with Crippen LogP contribution in [0.25, 0.3) is 0 Å². The molecule has 2 aliphatic heterocycles. The van der Waals surface area contributed by atoms with Crippen molar-refractivity contribution in [2.45, 2.75) is 24.4 Å². The molecule has 2 atom stereocenters. The third kappa shape index (κ3) is 6.26. The largest absolute Gasteiger partial charge is 0.497 e. The number of carboxylic acid groups (broad SMARTS) is 1. The quantitative estimate of drug-likeness (QED) is 0.387. The number of alkyl carbamates (subject to hydrolysis) is 2. The Kier molecular flexibility index (Phi) is 8.53. The molecular weight excluding hydrogens is 538 g/mol. The van der Waals surface area contributed by atoms with Crippen LogP contribution < -0.4 is 15.4 Å². The Labute approximate surface area is 224 Å². The molecule has 0 spiro atoms. The molecule has 200 valence electrons. The maximum absolute atomic E-state index is 12.7. The summed E-state index contributed by atoms with van der Waals surface area (Å²) in [6.45, 7) is -0.560. The van der Waals surface area contributed by atoms with Crippen LogP contribution >= 0.6 is 23.1 Å². The number of thioether (sulfide) groups is 1. The van der Waals surface area contributed by atoms with E-state index in [0.29, 0.717) is 11.3 Å². The summed E-state index contributed by atoms with van der Waals surface area (Å²) in [6, 6.07) is 9.53. The zero-order chi connectivity index (χ0) is 27.2. The highest BCUT2D eigenvalue weighted by molar-refractivity contribution is 8.00. The van der Waals surface area contributed by atoms with Crippen molar-refractivity contribution in [3.63, 3.8) is 0 Å². The highest BCUT2D eigenvalue weighted by atomic mass is 32.2. The maximum atomic E-state index is 12.7. The second-order valence-electron chi connectivity index (χ2n) is 8.09. The van der Waals surface area contributed by atoms with Crippen LogP contribution in [0.15, 0.2) is 53.0 Å². The number of nitrogens with one attached hydrogen (secondary N) is 2. The standard InChI is InChI=1S/C24H23N3O9S2/c1-34-15-6-4-13(5-7-15)10-35-23(32)26-24(33)36-11-14-12-38-21-18(20(29)27(21)19(14)22(30)31)25-17(28)9-16-3-2-8-37-16/h2-8,18,21H,9-12H2,1H3,(H,25,28)(H,30,31)(H,26,32,33)/t18?,21-/m1/s1. The van der Waals surface area contributed by atoms with Gasteiger partial charge in [0, 0.05) is 16.2 Å². The van der Waals surface area contributed by atoms with E-state index >= 15 is 0 Å². The molecule has 4 rings (SSSR count). The summed E-state index contributed by atoms with van der Waals surface area (Å²) >= 11 is 2.66. The Balaban J connectivity index is 1.28. The fraction of sp³-hybridized carbons (Fsp3) is 0.292. The summed E-state index contributed by atoms with van der Waals surface area (Å²) in [5.74, 6) is -1.49. The van der Waals surface area contributed by atoms with Crippen molar-refractivity contribution in [3.05, 3.63) is 63.5 Å². The summed E-state index contributed by atoms with van der Waals surface area (Å²) in [5, 5.41) is 15.5. The number of carbonyl (C=O) groups excluding carboxylic acids is 4. The molecule has 0 aliphatic carbocycles. The Morgan fingerprint density at radius 2 is 1.79 bits per heavy atom. The van der Waals surface area contributed by atoms with E-state index in [-0.39, 0.29) is 36.0 Å². The number of methoxy groups -OCH3 is 1. The number of rotatable bonds is 9. The van der Waals surface area contributed by atoms with Gasteiger partial charge in [-0.25, -0.2) is 19.7 Å². The van der Waals surface area contributed by atoms with Crippen molar-refractivity contribution >= 4 is 53.1 Å². The number of nitrogens with zero attached hydrogens (tertiary/aromatic N) is 1. The molecule has 1 fully saturated rings. The van der Waals surface area contributed by atoms with Crippen molar-refractivity contribution < 1.29 is 43.3 Å². The van der Waals surface area contributed by atoms with Crippen LogP contribution in [-0.2, 0) is 36.9 Å². The van der Waals surface area contributed by atoms with Gasteiger partial charge in [0.15, 0.2) is 0 Å². The van der Waals surface area contributed by atoms with Gasteiger partial charge in [-0.3, -0.25) is 14.5 Å². The Hall–Kier alpha value is -4.04. The van der Waals surface area contributed by atoms with Gasteiger partial charge < -0.3 is 24.6 Å². The van der Waals surface area contributed by atoms with Crippen LogP contribution in [0.2, 0.25) is 0 Å². The number of fused-ring (bicyclic) bond motifs is 1. The molecule has 12 nitrogen and oxygen atoms in total. The lowest BCUT2D eigenvalue weighted by Crippen LogP contribution is -2.70. The summed E-state index contributed by atoms with van der Waals surface area (Å²) in [4.78, 5) is 62.8. The lowest BCUT2D eigenvalue weighted by Gasteiger charge is -2.49. The average Bonchev–Trinajstić information content (AvgIpc) is 3.41. The third-order valence-electron chi connectivity index (χ3n) is 5.59. The molecule has 2 aliphatic rings. The molecule has 38 heavy (non-hydrogen) atoms. The smallest absolute Gasteiger partial charge is 0.416 e. The van der Waals surface area contributed by atoms with Crippen molar-refractivity contribution in [1.29, 1.82) is 0 Å². The van der Waals surface area contributed by atoms with E-state index in [2.05, 4.69) is 5.32 Å². The monoisotopic (exact) mass is 561 g/mol. The van der Waals surface area contributed by atoms with Crippen molar-refractivity contribution in [1.82, 2.24) is 15.5 Å². The van der Waals surface area contributed by atoms with Crippen LogP contribution in [0.4, 0.5) is 9.59 Å². The molecule has 3 N–H and O–H groups in total. The molecule has 2 aromatic rings. The first-order valence-electron chi connectivity index (χ1n) is 11.2. The summed E-state index contributed by atoms with van der Waals surface area (Å²) < 4.78 is 15.0. The molecule has 1 saturated heterocycles. The van der Waals surface area contributed by atoms with Gasteiger partial charge in [0.25, 0.3) is 5.91 Å². The fourth-order valence-corrected chi connectivity index (χ4v) is 5.80. The SMILES string of the molecule is COc1ccc(COC(=O)NC(=O)OCC2=C(C(=O)O)N3C(=O)C(NC(=O)Cc4cccs4)[C@H]3SC2)cc1. The molecule has 3 heterocycles. The van der Waals surface area contributed by atoms with Crippen LogP contribution in [0.1, 0.15) is 10.4 Å². The molecular formula is C24H23N3O9S2. The zero-order valence-electron chi connectivity index (χ0n) is 20.0. The minimum atomic E-state index is -1.37. The molecule has 1 aromatic heterocycles. The van der Waals surface area contributed by atoms with Gasteiger partial charge in [-0.05, 0) is 29.1 Å². The molecule has 1 unspecified atom stereocenters. The number of benzene rings is 1. The van der Waals surface area contributed by atoms with E-state index in [1.807, 2.05) is 22.8 Å². The predicted octanol–water partition coefficient (Wildman–Crippen LogP) is 2.10. The Morgan fingerprint density at radius 1 is 1.08 bits per heavy atom. The zero-order valence-corrected chi connectivity index (χ0v) is 21.6. The number of carbonyl (C=O) groups is 5. The number of β-lactam (4-membered cyclic amide) rings is 1. The highest BCUT2D eigenvalue weighted by Gasteiger charge is 2.54. The number of amides is 4. The third-order valence-corrected chi connectivity index (χ3v) is 7.81. The van der Waals surface area contributed by atoms with E-state index in [4.69, 9.17) is 14.2 Å². The number of ether oxygens (including phenoxy) is 3. The number of imide groups is 1. The van der Waals surface area contributed by atoms with Crippen molar-refractivity contribution in [3.8, 4) is 5.75 Å². The number of aliphatic carboxylic acids is 1. The lowest BCUT2D eigenvalue weighted by atomic mass is 10.0. The van der Waals surface area contributed by atoms with Crippen LogP contribution in [-0.4, -0.2) is 70.9 Å². The van der Waals surface area contributed by atoms with E-state index in [1.165, 1.54) is 30.2 Å². The molecule has 0 radical (unpaired) electrons. The van der Waals surface area contributed by atoms with Crippen LogP contribution in [0.5, 0.6) is 5.75 Å². The second-order valence-corrected chi connectivity index (χ2v) is 10.2. The maximum Gasteiger partial charge on any atom is 0.416 e. The highest BCUT2D eigenvalue weighted by Crippen LogP contribution is 2.40. The van der Waals surface area contributed by atoms with Crippen LogP contribution in [0.3, 0.4) is 0 Å². The summed E-state index contributed by atoms with van der Waals surface area (Å²) in [5.41, 5.74) is 0.536. The number of carboxylic acids is 1. The van der Waals surface area contributed by atoms with Gasteiger partial charge in [-0.1, -0.05) is 18.2 Å².